The summed E-state index contributed by atoms with van der Waals surface area (Å²) in [6, 6.07) is 0. The van der Waals surface area contributed by atoms with E-state index in [0.717, 1.165) is 32.1 Å². The standard InChI is InChI=1S/C14H18O3/c1-8(2)11(15)17-13-4-9-3-12(16)6-10(7-13)14(12,13)5-9/h9-10,16H,1,3-7H2,2H3. The number of aliphatic hydroxyl groups is 1. The minimum Gasteiger partial charge on any atom is -0.455 e. The Bertz CT molecular complexity index is 456. The molecule has 1 N–H and O–H groups in total. The summed E-state index contributed by atoms with van der Waals surface area (Å²) in [6.45, 7) is 5.34. The van der Waals surface area contributed by atoms with Crippen LogP contribution in [0.5, 0.6) is 0 Å². The zero-order valence-electron chi connectivity index (χ0n) is 10.2. The second kappa shape index (κ2) is 2.46. The van der Waals surface area contributed by atoms with Gasteiger partial charge in [0.15, 0.2) is 0 Å². The first-order valence-electron chi connectivity index (χ1n) is 6.54. The van der Waals surface area contributed by atoms with Crippen molar-refractivity contribution in [1.29, 1.82) is 0 Å². The van der Waals surface area contributed by atoms with E-state index in [-0.39, 0.29) is 17.0 Å². The molecule has 0 aromatic heterocycles. The van der Waals surface area contributed by atoms with Crippen LogP contribution < -0.4 is 0 Å². The van der Waals surface area contributed by atoms with Gasteiger partial charge in [-0.05, 0) is 50.9 Å². The van der Waals surface area contributed by atoms with Crippen LogP contribution in [0, 0.1) is 17.3 Å². The number of fused-ring (bicyclic) bond motifs is 1. The molecule has 0 heterocycles. The first kappa shape index (κ1) is 10.1. The van der Waals surface area contributed by atoms with Crippen LogP contribution in [0.15, 0.2) is 12.2 Å². The van der Waals surface area contributed by atoms with Gasteiger partial charge in [0.25, 0.3) is 0 Å². The highest BCUT2D eigenvalue weighted by molar-refractivity contribution is 5.87. The predicted octanol–water partition coefficient (Wildman–Crippen LogP) is 1.80. The summed E-state index contributed by atoms with van der Waals surface area (Å²) in [4.78, 5) is 11.8. The minimum absolute atomic E-state index is 0.0736. The molecule has 17 heavy (non-hydrogen) atoms. The Labute approximate surface area is 101 Å². The molecule has 0 saturated heterocycles. The normalized spacial score (nSPS) is 56.8. The summed E-state index contributed by atoms with van der Waals surface area (Å²) in [5, 5.41) is 10.6. The van der Waals surface area contributed by atoms with E-state index in [1.54, 1.807) is 6.92 Å². The van der Waals surface area contributed by atoms with Crippen molar-refractivity contribution in [2.24, 2.45) is 17.3 Å². The van der Waals surface area contributed by atoms with Gasteiger partial charge in [0, 0.05) is 11.0 Å². The van der Waals surface area contributed by atoms with E-state index in [9.17, 15) is 9.90 Å². The van der Waals surface area contributed by atoms with Gasteiger partial charge in [0.2, 0.25) is 0 Å². The van der Waals surface area contributed by atoms with E-state index in [1.165, 1.54) is 0 Å². The average molecular weight is 234 g/mol. The number of hydrogen-bond donors (Lipinski definition) is 1. The van der Waals surface area contributed by atoms with E-state index in [0.29, 0.717) is 17.4 Å². The second-order valence-corrected chi connectivity index (χ2v) is 6.75. The monoisotopic (exact) mass is 234 g/mol. The molecule has 0 aliphatic heterocycles. The van der Waals surface area contributed by atoms with E-state index >= 15 is 0 Å². The van der Waals surface area contributed by atoms with Crippen LogP contribution in [-0.4, -0.2) is 22.3 Å². The molecule has 5 unspecified atom stereocenters. The molecule has 0 amide bonds. The molecule has 2 bridgehead atoms. The van der Waals surface area contributed by atoms with Crippen LogP contribution in [0.3, 0.4) is 0 Å². The highest BCUT2D eigenvalue weighted by atomic mass is 16.6. The fourth-order valence-electron chi connectivity index (χ4n) is 5.63. The fourth-order valence-corrected chi connectivity index (χ4v) is 5.63. The third-order valence-electron chi connectivity index (χ3n) is 5.99. The first-order chi connectivity index (χ1) is 7.92. The first-order valence-corrected chi connectivity index (χ1v) is 6.54. The Morgan fingerprint density at radius 2 is 2.06 bits per heavy atom. The third kappa shape index (κ3) is 0.805. The van der Waals surface area contributed by atoms with Crippen molar-refractivity contribution < 1.29 is 14.6 Å². The molecule has 0 aromatic carbocycles. The van der Waals surface area contributed by atoms with Crippen molar-refractivity contribution in [3.8, 4) is 0 Å². The molecule has 92 valence electrons. The average Bonchev–Trinajstić information content (AvgIpc) is 2.62. The van der Waals surface area contributed by atoms with E-state index in [2.05, 4.69) is 6.58 Å². The van der Waals surface area contributed by atoms with Gasteiger partial charge in [0.05, 0.1) is 5.60 Å². The summed E-state index contributed by atoms with van der Waals surface area (Å²) >= 11 is 0. The molecule has 5 atom stereocenters. The quantitative estimate of drug-likeness (QED) is 0.585. The maximum Gasteiger partial charge on any atom is 0.333 e. The van der Waals surface area contributed by atoms with Crippen molar-refractivity contribution in [3.05, 3.63) is 12.2 Å². The molecule has 4 aliphatic carbocycles. The number of carbonyl (C=O) groups is 1. The van der Waals surface area contributed by atoms with Crippen LogP contribution in [0.2, 0.25) is 0 Å². The number of hydrogen-bond acceptors (Lipinski definition) is 3. The summed E-state index contributed by atoms with van der Waals surface area (Å²) < 4.78 is 5.75. The number of carbonyl (C=O) groups excluding carboxylic acids is 1. The Hall–Kier alpha value is -0.830. The van der Waals surface area contributed by atoms with Crippen molar-refractivity contribution in [2.75, 3.05) is 0 Å². The summed E-state index contributed by atoms with van der Waals surface area (Å²) in [5.74, 6) is 0.878. The SMILES string of the molecule is C=C(C)C(=O)OC12CC3CC4(O)CC(C1)C42C3. The smallest absolute Gasteiger partial charge is 0.333 e. The van der Waals surface area contributed by atoms with Crippen LogP contribution in [0.1, 0.15) is 39.0 Å². The van der Waals surface area contributed by atoms with E-state index in [1.807, 2.05) is 0 Å². The van der Waals surface area contributed by atoms with Crippen LogP contribution in [0.4, 0.5) is 0 Å². The van der Waals surface area contributed by atoms with Crippen LogP contribution >= 0.6 is 0 Å². The van der Waals surface area contributed by atoms with E-state index < -0.39 is 5.60 Å². The molecule has 4 saturated carbocycles. The third-order valence-corrected chi connectivity index (χ3v) is 5.99. The zero-order chi connectivity index (χ0) is 12.1. The molecule has 4 aliphatic rings. The summed E-state index contributed by atoms with van der Waals surface area (Å²) in [5.41, 5.74) is -0.474. The lowest BCUT2D eigenvalue weighted by Gasteiger charge is -2.74. The molecular formula is C14H18O3. The summed E-state index contributed by atoms with van der Waals surface area (Å²) in [6.07, 6.45) is 4.85. The highest BCUT2D eigenvalue weighted by Gasteiger charge is 2.88. The topological polar surface area (TPSA) is 46.5 Å². The molecule has 3 nitrogen and oxygen atoms in total. The Morgan fingerprint density at radius 3 is 2.65 bits per heavy atom. The van der Waals surface area contributed by atoms with Gasteiger partial charge >= 0.3 is 5.97 Å². The molecule has 0 radical (unpaired) electrons. The zero-order valence-corrected chi connectivity index (χ0v) is 10.2. The second-order valence-electron chi connectivity index (χ2n) is 6.75. The van der Waals surface area contributed by atoms with Gasteiger partial charge in [-0.3, -0.25) is 0 Å². The van der Waals surface area contributed by atoms with E-state index in [4.69, 9.17) is 4.74 Å². The summed E-state index contributed by atoms with van der Waals surface area (Å²) in [7, 11) is 0. The lowest BCUT2D eigenvalue weighted by Crippen LogP contribution is -2.80. The van der Waals surface area contributed by atoms with Crippen molar-refractivity contribution in [1.82, 2.24) is 0 Å². The number of ether oxygens (including phenoxy) is 1. The molecule has 0 aromatic rings. The van der Waals surface area contributed by atoms with Crippen LogP contribution in [-0.2, 0) is 9.53 Å². The Kier molecular flexibility index (Phi) is 1.47. The fraction of sp³-hybridized carbons (Fsp3) is 0.786. The molecule has 3 heteroatoms. The minimum atomic E-state index is -0.520. The van der Waals surface area contributed by atoms with Crippen molar-refractivity contribution in [2.45, 2.75) is 50.2 Å². The lowest BCUT2D eigenvalue weighted by atomic mass is 9.34. The van der Waals surface area contributed by atoms with Crippen LogP contribution in [0.25, 0.3) is 0 Å². The predicted molar refractivity (Wildman–Crippen MR) is 61.1 cm³/mol. The maximum atomic E-state index is 11.8. The molecule has 4 rings (SSSR count). The largest absolute Gasteiger partial charge is 0.455 e. The van der Waals surface area contributed by atoms with Crippen molar-refractivity contribution >= 4 is 5.97 Å². The van der Waals surface area contributed by atoms with Crippen molar-refractivity contribution in [3.63, 3.8) is 0 Å². The molecule has 4 fully saturated rings. The van der Waals surface area contributed by atoms with Gasteiger partial charge in [-0.2, -0.15) is 0 Å². The van der Waals surface area contributed by atoms with Gasteiger partial charge in [-0.15, -0.1) is 0 Å². The molecular weight excluding hydrogens is 216 g/mol. The Balaban J connectivity index is 1.69. The number of esters is 1. The van der Waals surface area contributed by atoms with Gasteiger partial charge < -0.3 is 9.84 Å². The lowest BCUT2D eigenvalue weighted by molar-refractivity contribution is -0.353. The van der Waals surface area contributed by atoms with Gasteiger partial charge in [-0.1, -0.05) is 6.58 Å². The number of rotatable bonds is 2. The highest BCUT2D eigenvalue weighted by Crippen LogP contribution is 2.85. The molecule has 1 spiro atoms. The maximum absolute atomic E-state index is 11.8. The van der Waals surface area contributed by atoms with Gasteiger partial charge in [-0.25, -0.2) is 4.79 Å². The Morgan fingerprint density at radius 1 is 1.29 bits per heavy atom. The van der Waals surface area contributed by atoms with Gasteiger partial charge in [0.1, 0.15) is 5.60 Å².